The lowest BCUT2D eigenvalue weighted by Crippen LogP contribution is -1.89. The lowest BCUT2D eigenvalue weighted by atomic mass is 10.1. The fourth-order valence-electron chi connectivity index (χ4n) is 1.87. The Morgan fingerprint density at radius 2 is 1.76 bits per heavy atom. The first-order valence-corrected chi connectivity index (χ1v) is 7.55. The molecular formula is C16H14N2O2S. The van der Waals surface area contributed by atoms with Crippen LogP contribution in [0.4, 0.5) is 0 Å². The summed E-state index contributed by atoms with van der Waals surface area (Å²) in [5.74, 6) is 2.22. The Morgan fingerprint density at radius 1 is 1.00 bits per heavy atom. The zero-order valence-electron chi connectivity index (χ0n) is 11.3. The van der Waals surface area contributed by atoms with E-state index in [1.165, 1.54) is 4.90 Å². The molecule has 0 saturated carbocycles. The first-order chi connectivity index (χ1) is 10.3. The molecule has 1 aromatic heterocycles. The van der Waals surface area contributed by atoms with Crippen molar-refractivity contribution in [3.05, 3.63) is 71.9 Å². The fourth-order valence-corrected chi connectivity index (χ4v) is 2.64. The predicted octanol–water partition coefficient (Wildman–Crippen LogP) is 3.66. The number of hydrogen-bond donors (Lipinski definition) is 1. The number of phenolic OH excluding ortho intramolecular Hbond substituents is 1. The van der Waals surface area contributed by atoms with E-state index in [4.69, 9.17) is 4.52 Å². The summed E-state index contributed by atoms with van der Waals surface area (Å²) in [4.78, 5) is 5.56. The van der Waals surface area contributed by atoms with Crippen LogP contribution < -0.4 is 0 Å². The van der Waals surface area contributed by atoms with Crippen LogP contribution in [0, 0.1) is 0 Å². The maximum atomic E-state index is 9.25. The maximum Gasteiger partial charge on any atom is 0.231 e. The molecule has 1 N–H and O–H groups in total. The molecule has 5 heteroatoms. The minimum atomic E-state index is 0.254. The molecule has 0 saturated heterocycles. The smallest absolute Gasteiger partial charge is 0.231 e. The van der Waals surface area contributed by atoms with Crippen LogP contribution in [-0.2, 0) is 12.2 Å². The van der Waals surface area contributed by atoms with Gasteiger partial charge in [0.1, 0.15) is 5.75 Å². The molecule has 0 bridgehead atoms. The number of thioether (sulfide) groups is 1. The number of nitrogens with zero attached hydrogens (tertiary/aromatic N) is 2. The van der Waals surface area contributed by atoms with Crippen molar-refractivity contribution in [2.45, 2.75) is 17.1 Å². The molecule has 0 radical (unpaired) electrons. The van der Waals surface area contributed by atoms with E-state index in [-0.39, 0.29) is 5.75 Å². The topological polar surface area (TPSA) is 59.2 Å². The summed E-state index contributed by atoms with van der Waals surface area (Å²) in [5.41, 5.74) is 1.03. The molecule has 0 fully saturated rings. The lowest BCUT2D eigenvalue weighted by molar-refractivity contribution is 0.381. The van der Waals surface area contributed by atoms with Crippen LogP contribution in [0.25, 0.3) is 0 Å². The van der Waals surface area contributed by atoms with Gasteiger partial charge in [-0.05, 0) is 29.8 Å². The molecule has 0 aliphatic heterocycles. The van der Waals surface area contributed by atoms with Gasteiger partial charge in [0.05, 0.1) is 12.2 Å². The lowest BCUT2D eigenvalue weighted by Gasteiger charge is -1.97. The molecule has 0 aliphatic rings. The average Bonchev–Trinajstić information content (AvgIpc) is 2.96. The molecule has 3 rings (SSSR count). The molecule has 2 aromatic carbocycles. The minimum absolute atomic E-state index is 0.254. The highest BCUT2D eigenvalue weighted by Gasteiger charge is 2.07. The molecule has 3 aromatic rings. The van der Waals surface area contributed by atoms with E-state index >= 15 is 0 Å². The quantitative estimate of drug-likeness (QED) is 0.728. The van der Waals surface area contributed by atoms with Crippen LogP contribution in [0.2, 0.25) is 0 Å². The second kappa shape index (κ2) is 6.45. The second-order valence-electron chi connectivity index (χ2n) is 4.55. The molecule has 0 spiro atoms. The van der Waals surface area contributed by atoms with Gasteiger partial charge in [-0.15, -0.1) is 11.8 Å². The van der Waals surface area contributed by atoms with Gasteiger partial charge in [0, 0.05) is 4.90 Å². The van der Waals surface area contributed by atoms with E-state index in [2.05, 4.69) is 22.3 Å². The van der Waals surface area contributed by atoms with Crippen LogP contribution in [0.15, 0.2) is 64.0 Å². The third-order valence-corrected chi connectivity index (χ3v) is 3.92. The standard InChI is InChI=1S/C16H14N2O2S/c19-13-8-6-12(7-9-13)10-16-17-15(18-20-16)11-21-14-4-2-1-3-5-14/h1-9,19H,10-11H2. The number of rotatable bonds is 5. The Morgan fingerprint density at radius 3 is 2.52 bits per heavy atom. The van der Waals surface area contributed by atoms with E-state index in [1.807, 2.05) is 30.3 Å². The SMILES string of the molecule is Oc1ccc(Cc2nc(CSc3ccccc3)no2)cc1. The van der Waals surface area contributed by atoms with E-state index in [0.29, 0.717) is 23.9 Å². The molecule has 4 nitrogen and oxygen atoms in total. The van der Waals surface area contributed by atoms with Crippen molar-refractivity contribution in [2.75, 3.05) is 0 Å². The Balaban J connectivity index is 1.59. The number of hydrogen-bond acceptors (Lipinski definition) is 5. The highest BCUT2D eigenvalue weighted by atomic mass is 32.2. The molecule has 0 amide bonds. The van der Waals surface area contributed by atoms with Crippen LogP contribution in [-0.4, -0.2) is 15.2 Å². The Bertz CT molecular complexity index is 696. The maximum absolute atomic E-state index is 9.25. The predicted molar refractivity (Wildman–Crippen MR) is 81.2 cm³/mol. The first-order valence-electron chi connectivity index (χ1n) is 6.57. The van der Waals surface area contributed by atoms with E-state index in [0.717, 1.165) is 5.56 Å². The summed E-state index contributed by atoms with van der Waals surface area (Å²) in [7, 11) is 0. The monoisotopic (exact) mass is 298 g/mol. The summed E-state index contributed by atoms with van der Waals surface area (Å²) in [6.45, 7) is 0. The van der Waals surface area contributed by atoms with Crippen molar-refractivity contribution >= 4 is 11.8 Å². The minimum Gasteiger partial charge on any atom is -0.508 e. The summed E-state index contributed by atoms with van der Waals surface area (Å²) in [6.07, 6.45) is 0.573. The summed E-state index contributed by atoms with van der Waals surface area (Å²) in [5, 5.41) is 13.2. The Labute approximate surface area is 126 Å². The number of phenols is 1. The average molecular weight is 298 g/mol. The normalized spacial score (nSPS) is 10.7. The van der Waals surface area contributed by atoms with Gasteiger partial charge in [-0.3, -0.25) is 0 Å². The van der Waals surface area contributed by atoms with Gasteiger partial charge in [0.2, 0.25) is 5.89 Å². The fraction of sp³-hybridized carbons (Fsp3) is 0.125. The molecular weight excluding hydrogens is 284 g/mol. The van der Waals surface area contributed by atoms with Gasteiger partial charge in [0.15, 0.2) is 5.82 Å². The largest absolute Gasteiger partial charge is 0.508 e. The third kappa shape index (κ3) is 3.86. The van der Waals surface area contributed by atoms with Crippen molar-refractivity contribution in [3.63, 3.8) is 0 Å². The highest BCUT2D eigenvalue weighted by molar-refractivity contribution is 7.98. The van der Waals surface area contributed by atoms with Crippen molar-refractivity contribution in [3.8, 4) is 5.75 Å². The molecule has 0 aliphatic carbocycles. The number of aromatic nitrogens is 2. The van der Waals surface area contributed by atoms with Gasteiger partial charge in [-0.25, -0.2) is 0 Å². The molecule has 0 atom stereocenters. The van der Waals surface area contributed by atoms with E-state index in [9.17, 15) is 5.11 Å². The van der Waals surface area contributed by atoms with Gasteiger partial charge in [0.25, 0.3) is 0 Å². The first kappa shape index (κ1) is 13.7. The van der Waals surface area contributed by atoms with Gasteiger partial charge in [-0.1, -0.05) is 35.5 Å². The van der Waals surface area contributed by atoms with Crippen LogP contribution in [0.1, 0.15) is 17.3 Å². The van der Waals surface area contributed by atoms with E-state index < -0.39 is 0 Å². The third-order valence-electron chi connectivity index (χ3n) is 2.91. The van der Waals surface area contributed by atoms with Crippen LogP contribution in [0.5, 0.6) is 5.75 Å². The van der Waals surface area contributed by atoms with Crippen molar-refractivity contribution in [1.82, 2.24) is 10.1 Å². The zero-order chi connectivity index (χ0) is 14.5. The summed E-state index contributed by atoms with van der Waals surface area (Å²) >= 11 is 1.68. The van der Waals surface area contributed by atoms with Crippen LogP contribution >= 0.6 is 11.8 Å². The second-order valence-corrected chi connectivity index (χ2v) is 5.60. The van der Waals surface area contributed by atoms with E-state index in [1.54, 1.807) is 23.9 Å². The molecule has 1 heterocycles. The van der Waals surface area contributed by atoms with Crippen molar-refractivity contribution in [1.29, 1.82) is 0 Å². The summed E-state index contributed by atoms with van der Waals surface area (Å²) in [6, 6.07) is 17.1. The Kier molecular flexibility index (Phi) is 4.21. The number of benzene rings is 2. The van der Waals surface area contributed by atoms with Gasteiger partial charge in [-0.2, -0.15) is 4.98 Å². The Hall–Kier alpha value is -2.27. The molecule has 0 unspecified atom stereocenters. The summed E-state index contributed by atoms with van der Waals surface area (Å²) < 4.78 is 5.25. The van der Waals surface area contributed by atoms with Crippen LogP contribution in [0.3, 0.4) is 0 Å². The zero-order valence-corrected chi connectivity index (χ0v) is 12.1. The van der Waals surface area contributed by atoms with Crippen molar-refractivity contribution < 1.29 is 9.63 Å². The molecule has 21 heavy (non-hydrogen) atoms. The molecule has 106 valence electrons. The van der Waals surface area contributed by atoms with Gasteiger partial charge >= 0.3 is 0 Å². The van der Waals surface area contributed by atoms with Crippen molar-refractivity contribution in [2.24, 2.45) is 0 Å². The van der Waals surface area contributed by atoms with Gasteiger partial charge < -0.3 is 9.63 Å². The number of aromatic hydroxyl groups is 1. The highest BCUT2D eigenvalue weighted by Crippen LogP contribution is 2.21.